The SMILES string of the molecule is Cc1noc2nc([C@H]3CCCN(C(=O)c4cnc(C(C)(C)C)nc4)C3)cc(C(F)(F)F)c12. The van der Waals surface area contributed by atoms with Crippen LogP contribution in [0.4, 0.5) is 13.2 Å². The summed E-state index contributed by atoms with van der Waals surface area (Å²) in [7, 11) is 0. The van der Waals surface area contributed by atoms with Gasteiger partial charge in [-0.3, -0.25) is 4.79 Å². The molecule has 3 aromatic rings. The average molecular weight is 447 g/mol. The quantitative estimate of drug-likeness (QED) is 0.568. The lowest BCUT2D eigenvalue weighted by molar-refractivity contribution is -0.136. The minimum absolute atomic E-state index is 0.124. The van der Waals surface area contributed by atoms with Gasteiger partial charge in [-0.15, -0.1) is 0 Å². The molecule has 0 saturated carbocycles. The summed E-state index contributed by atoms with van der Waals surface area (Å²) in [6, 6.07) is 1.06. The Morgan fingerprint density at radius 2 is 1.88 bits per heavy atom. The molecular weight excluding hydrogens is 423 g/mol. The Kier molecular flexibility index (Phi) is 5.42. The van der Waals surface area contributed by atoms with Crippen molar-refractivity contribution in [3.05, 3.63) is 46.8 Å². The third-order valence-corrected chi connectivity index (χ3v) is 5.64. The van der Waals surface area contributed by atoms with E-state index in [9.17, 15) is 18.0 Å². The second kappa shape index (κ2) is 7.83. The summed E-state index contributed by atoms with van der Waals surface area (Å²) in [5.74, 6) is 0.0336. The van der Waals surface area contributed by atoms with Crippen LogP contribution < -0.4 is 0 Å². The van der Waals surface area contributed by atoms with E-state index in [4.69, 9.17) is 4.52 Å². The molecule has 0 N–H and O–H groups in total. The number of amides is 1. The van der Waals surface area contributed by atoms with Gasteiger partial charge in [0.15, 0.2) is 0 Å². The summed E-state index contributed by atoms with van der Waals surface area (Å²) in [4.78, 5) is 27.5. The topological polar surface area (TPSA) is 85.0 Å². The van der Waals surface area contributed by atoms with Gasteiger partial charge in [0.2, 0.25) is 0 Å². The fourth-order valence-electron chi connectivity index (χ4n) is 3.96. The number of aryl methyl sites for hydroxylation is 1. The van der Waals surface area contributed by atoms with Crippen LogP contribution in [0.3, 0.4) is 0 Å². The number of hydrogen-bond acceptors (Lipinski definition) is 6. The van der Waals surface area contributed by atoms with Crippen molar-refractivity contribution in [2.45, 2.75) is 58.0 Å². The number of alkyl halides is 3. The number of halogens is 3. The van der Waals surface area contributed by atoms with Gasteiger partial charge in [0, 0.05) is 36.8 Å². The van der Waals surface area contributed by atoms with E-state index in [-0.39, 0.29) is 46.3 Å². The lowest BCUT2D eigenvalue weighted by Gasteiger charge is -2.32. The molecule has 32 heavy (non-hydrogen) atoms. The number of fused-ring (bicyclic) bond motifs is 1. The number of rotatable bonds is 2. The van der Waals surface area contributed by atoms with Crippen LogP contribution in [0.5, 0.6) is 0 Å². The zero-order chi connectivity index (χ0) is 23.3. The fourth-order valence-corrected chi connectivity index (χ4v) is 3.96. The number of pyridine rings is 1. The Morgan fingerprint density at radius 1 is 1.19 bits per heavy atom. The first-order valence-electron chi connectivity index (χ1n) is 10.4. The van der Waals surface area contributed by atoms with Gasteiger partial charge in [-0.2, -0.15) is 13.2 Å². The van der Waals surface area contributed by atoms with Crippen LogP contribution in [0.15, 0.2) is 23.0 Å². The average Bonchev–Trinajstić information content (AvgIpc) is 3.12. The highest BCUT2D eigenvalue weighted by Gasteiger charge is 2.37. The monoisotopic (exact) mass is 447 g/mol. The molecule has 0 aliphatic carbocycles. The highest BCUT2D eigenvalue weighted by molar-refractivity contribution is 5.93. The Hall–Kier alpha value is -3.04. The molecule has 1 aliphatic rings. The molecule has 0 bridgehead atoms. The van der Waals surface area contributed by atoms with E-state index in [1.54, 1.807) is 4.90 Å². The number of piperidine rings is 1. The summed E-state index contributed by atoms with van der Waals surface area (Å²) in [5, 5.41) is 3.52. The van der Waals surface area contributed by atoms with Crippen molar-refractivity contribution < 1.29 is 22.5 Å². The van der Waals surface area contributed by atoms with E-state index in [0.29, 0.717) is 30.8 Å². The maximum Gasteiger partial charge on any atom is 0.417 e. The molecule has 7 nitrogen and oxygen atoms in total. The van der Waals surface area contributed by atoms with Crippen molar-refractivity contribution in [2.75, 3.05) is 13.1 Å². The van der Waals surface area contributed by atoms with Gasteiger partial charge in [-0.05, 0) is 25.8 Å². The van der Waals surface area contributed by atoms with E-state index in [1.165, 1.54) is 19.3 Å². The van der Waals surface area contributed by atoms with Crippen LogP contribution in [0.1, 0.15) is 72.7 Å². The number of aromatic nitrogens is 4. The third-order valence-electron chi connectivity index (χ3n) is 5.64. The Balaban J connectivity index is 1.60. The second-order valence-corrected chi connectivity index (χ2v) is 9.18. The van der Waals surface area contributed by atoms with Gasteiger partial charge >= 0.3 is 6.18 Å². The van der Waals surface area contributed by atoms with E-state index in [2.05, 4.69) is 20.1 Å². The Labute approximate surface area is 183 Å². The molecule has 0 unspecified atom stereocenters. The highest BCUT2D eigenvalue weighted by Crippen LogP contribution is 2.38. The number of nitrogens with zero attached hydrogens (tertiary/aromatic N) is 5. The molecule has 4 heterocycles. The maximum absolute atomic E-state index is 13.7. The summed E-state index contributed by atoms with van der Waals surface area (Å²) in [6.07, 6.45) is -0.297. The molecule has 1 saturated heterocycles. The summed E-state index contributed by atoms with van der Waals surface area (Å²) in [5.41, 5.74) is -0.447. The predicted molar refractivity (Wildman–Crippen MR) is 110 cm³/mol. The molecule has 1 atom stereocenters. The predicted octanol–water partition coefficient (Wildman–Crippen LogP) is 4.66. The largest absolute Gasteiger partial charge is 0.417 e. The zero-order valence-corrected chi connectivity index (χ0v) is 18.3. The van der Waals surface area contributed by atoms with Crippen molar-refractivity contribution in [1.82, 2.24) is 25.0 Å². The van der Waals surface area contributed by atoms with Crippen LogP contribution in [0, 0.1) is 6.92 Å². The van der Waals surface area contributed by atoms with Gasteiger partial charge in [0.05, 0.1) is 27.9 Å². The van der Waals surface area contributed by atoms with E-state index in [0.717, 1.165) is 6.07 Å². The van der Waals surface area contributed by atoms with Gasteiger partial charge in [-0.25, -0.2) is 15.0 Å². The second-order valence-electron chi connectivity index (χ2n) is 9.18. The van der Waals surface area contributed by atoms with E-state index in [1.807, 2.05) is 20.8 Å². The summed E-state index contributed by atoms with van der Waals surface area (Å²) < 4.78 is 46.1. The minimum Gasteiger partial charge on any atom is -0.338 e. The molecule has 0 spiro atoms. The molecule has 1 amide bonds. The fraction of sp³-hybridized carbons (Fsp3) is 0.500. The Morgan fingerprint density at radius 3 is 2.50 bits per heavy atom. The maximum atomic E-state index is 13.7. The van der Waals surface area contributed by atoms with Crippen molar-refractivity contribution in [1.29, 1.82) is 0 Å². The van der Waals surface area contributed by atoms with Crippen molar-refractivity contribution >= 4 is 17.0 Å². The van der Waals surface area contributed by atoms with Crippen LogP contribution in [-0.2, 0) is 11.6 Å². The van der Waals surface area contributed by atoms with Crippen LogP contribution in [0.2, 0.25) is 0 Å². The third kappa shape index (κ3) is 4.18. The highest BCUT2D eigenvalue weighted by atomic mass is 19.4. The summed E-state index contributed by atoms with van der Waals surface area (Å²) >= 11 is 0. The minimum atomic E-state index is -4.57. The number of likely N-dealkylation sites (tertiary alicyclic amines) is 1. The molecular formula is C22H24F3N5O2. The molecule has 4 rings (SSSR count). The first-order valence-corrected chi connectivity index (χ1v) is 10.4. The molecule has 10 heteroatoms. The number of carbonyl (C=O) groups is 1. The molecule has 0 radical (unpaired) electrons. The normalized spacial score (nSPS) is 17.7. The van der Waals surface area contributed by atoms with Crippen LogP contribution >= 0.6 is 0 Å². The van der Waals surface area contributed by atoms with Crippen LogP contribution in [0.25, 0.3) is 11.1 Å². The zero-order valence-electron chi connectivity index (χ0n) is 18.3. The van der Waals surface area contributed by atoms with E-state index >= 15 is 0 Å². The number of carbonyl (C=O) groups excluding carboxylic acids is 1. The van der Waals surface area contributed by atoms with Gasteiger partial charge in [0.25, 0.3) is 11.6 Å². The molecule has 1 fully saturated rings. The Bertz CT molecular complexity index is 1150. The van der Waals surface area contributed by atoms with Gasteiger partial charge < -0.3 is 9.42 Å². The molecule has 1 aliphatic heterocycles. The lowest BCUT2D eigenvalue weighted by atomic mass is 9.92. The van der Waals surface area contributed by atoms with Crippen molar-refractivity contribution in [3.8, 4) is 0 Å². The van der Waals surface area contributed by atoms with Crippen LogP contribution in [-0.4, -0.2) is 44.0 Å². The molecule has 170 valence electrons. The molecule has 0 aromatic carbocycles. The van der Waals surface area contributed by atoms with Crippen molar-refractivity contribution in [3.63, 3.8) is 0 Å². The van der Waals surface area contributed by atoms with Crippen molar-refractivity contribution in [2.24, 2.45) is 0 Å². The van der Waals surface area contributed by atoms with Gasteiger partial charge in [0.1, 0.15) is 5.82 Å². The number of hydrogen-bond donors (Lipinski definition) is 0. The summed E-state index contributed by atoms with van der Waals surface area (Å²) in [6.45, 7) is 8.15. The molecule has 3 aromatic heterocycles. The smallest absolute Gasteiger partial charge is 0.338 e. The first kappa shape index (κ1) is 22.2. The first-order chi connectivity index (χ1) is 14.9. The van der Waals surface area contributed by atoms with E-state index < -0.39 is 11.7 Å². The van der Waals surface area contributed by atoms with Gasteiger partial charge in [-0.1, -0.05) is 25.9 Å². The lowest BCUT2D eigenvalue weighted by Crippen LogP contribution is -2.39. The standard InChI is InChI=1S/C22H24F3N5O2/c1-12-17-15(22(23,24)25)8-16(28-18(17)32-29-12)13-6-5-7-30(11-13)19(31)14-9-26-20(27-10-14)21(2,3)4/h8-10,13H,5-7,11H2,1-4H3/t13-/m0/s1.